The Morgan fingerprint density at radius 1 is 0.958 bits per heavy atom. The third-order valence-electron chi connectivity index (χ3n) is 4.20. The van der Waals surface area contributed by atoms with Crippen molar-refractivity contribution in [2.24, 2.45) is 5.73 Å². The average molecular weight is 318 g/mol. The Morgan fingerprint density at radius 2 is 1.67 bits per heavy atom. The number of carbonyl (C=O) groups excluding carboxylic acids is 1. The van der Waals surface area contributed by atoms with Crippen LogP contribution >= 0.6 is 0 Å². The molecule has 118 valence electrons. The highest BCUT2D eigenvalue weighted by Crippen LogP contribution is 2.40. The number of phenolic OH excluding ortho intramolecular Hbond substituents is 2. The molecule has 24 heavy (non-hydrogen) atoms. The molecule has 0 spiro atoms. The van der Waals surface area contributed by atoms with E-state index < -0.39 is 5.91 Å². The number of aromatic amines is 1. The summed E-state index contributed by atoms with van der Waals surface area (Å²) in [6, 6.07) is 16.2. The third kappa shape index (κ3) is 1.99. The highest BCUT2D eigenvalue weighted by Gasteiger charge is 2.17. The number of benzene rings is 3. The summed E-state index contributed by atoms with van der Waals surface area (Å²) in [4.78, 5) is 14.9. The fourth-order valence-electron chi connectivity index (χ4n) is 3.10. The molecule has 5 N–H and O–H groups in total. The van der Waals surface area contributed by atoms with Crippen LogP contribution in [0.2, 0.25) is 0 Å². The maximum absolute atomic E-state index is 11.8. The number of carbonyl (C=O) groups is 1. The summed E-state index contributed by atoms with van der Waals surface area (Å²) >= 11 is 0. The van der Waals surface area contributed by atoms with Gasteiger partial charge >= 0.3 is 0 Å². The van der Waals surface area contributed by atoms with Gasteiger partial charge in [0.2, 0.25) is 0 Å². The number of primary amides is 1. The van der Waals surface area contributed by atoms with Crippen molar-refractivity contribution in [3.8, 4) is 22.6 Å². The van der Waals surface area contributed by atoms with Crippen LogP contribution in [-0.2, 0) is 0 Å². The highest BCUT2D eigenvalue weighted by molar-refractivity contribution is 6.20. The van der Waals surface area contributed by atoms with Gasteiger partial charge in [0.25, 0.3) is 5.91 Å². The lowest BCUT2D eigenvalue weighted by Gasteiger charge is -2.07. The average Bonchev–Trinajstić information content (AvgIpc) is 2.93. The van der Waals surface area contributed by atoms with E-state index in [0.29, 0.717) is 22.0 Å². The van der Waals surface area contributed by atoms with Gasteiger partial charge < -0.3 is 20.9 Å². The Balaban J connectivity index is 2.20. The van der Waals surface area contributed by atoms with Crippen LogP contribution in [0.1, 0.15) is 10.4 Å². The first-order chi connectivity index (χ1) is 11.6. The summed E-state index contributed by atoms with van der Waals surface area (Å²) in [5.74, 6) is -0.984. The van der Waals surface area contributed by atoms with Crippen LogP contribution < -0.4 is 5.73 Å². The van der Waals surface area contributed by atoms with Gasteiger partial charge in [-0.3, -0.25) is 4.79 Å². The van der Waals surface area contributed by atoms with Gasteiger partial charge in [-0.2, -0.15) is 0 Å². The molecule has 3 aromatic carbocycles. The molecule has 1 amide bonds. The molecular weight excluding hydrogens is 304 g/mol. The second-order valence-electron chi connectivity index (χ2n) is 5.65. The molecule has 1 aromatic heterocycles. The van der Waals surface area contributed by atoms with Crippen LogP contribution in [0.3, 0.4) is 0 Å². The number of hydrogen-bond acceptors (Lipinski definition) is 3. The summed E-state index contributed by atoms with van der Waals surface area (Å²) in [7, 11) is 0. The van der Waals surface area contributed by atoms with E-state index in [9.17, 15) is 15.0 Å². The number of phenols is 2. The van der Waals surface area contributed by atoms with Crippen LogP contribution in [0.4, 0.5) is 0 Å². The van der Waals surface area contributed by atoms with E-state index in [4.69, 9.17) is 5.73 Å². The van der Waals surface area contributed by atoms with Crippen molar-refractivity contribution < 1.29 is 15.0 Å². The van der Waals surface area contributed by atoms with Crippen LogP contribution in [0.15, 0.2) is 54.6 Å². The predicted molar refractivity (Wildman–Crippen MR) is 93.1 cm³/mol. The molecular formula is C19H14N2O3. The van der Waals surface area contributed by atoms with Gasteiger partial charge in [0.1, 0.15) is 0 Å². The number of fused-ring (bicyclic) bond motifs is 3. The minimum atomic E-state index is -0.542. The first-order valence-electron chi connectivity index (χ1n) is 7.42. The lowest BCUT2D eigenvalue weighted by Crippen LogP contribution is -2.11. The van der Waals surface area contributed by atoms with Crippen molar-refractivity contribution in [3.63, 3.8) is 0 Å². The zero-order valence-corrected chi connectivity index (χ0v) is 12.6. The Morgan fingerprint density at radius 3 is 2.38 bits per heavy atom. The van der Waals surface area contributed by atoms with Crippen molar-refractivity contribution in [3.05, 3.63) is 60.2 Å². The Bertz CT molecular complexity index is 1100. The summed E-state index contributed by atoms with van der Waals surface area (Å²) in [6.45, 7) is 0. The van der Waals surface area contributed by atoms with Crippen molar-refractivity contribution in [1.29, 1.82) is 0 Å². The molecule has 4 rings (SSSR count). The SMILES string of the molecule is NC(=O)c1ccc(-c2ccccc2)c2c1[nH]c1cc(O)c(O)cc12. The molecule has 0 fully saturated rings. The number of H-pyrrole nitrogens is 1. The van der Waals surface area contributed by atoms with E-state index in [1.165, 1.54) is 12.1 Å². The fourth-order valence-corrected chi connectivity index (χ4v) is 3.10. The Kier molecular flexibility index (Phi) is 2.96. The number of aromatic nitrogens is 1. The minimum Gasteiger partial charge on any atom is -0.504 e. The largest absolute Gasteiger partial charge is 0.504 e. The Hall–Kier alpha value is -3.47. The van der Waals surface area contributed by atoms with Crippen LogP contribution in [0.5, 0.6) is 11.5 Å². The first-order valence-corrected chi connectivity index (χ1v) is 7.42. The highest BCUT2D eigenvalue weighted by atomic mass is 16.3. The number of nitrogens with one attached hydrogen (secondary N) is 1. The topological polar surface area (TPSA) is 99.3 Å². The molecule has 0 saturated heterocycles. The van der Waals surface area contributed by atoms with Crippen molar-refractivity contribution in [1.82, 2.24) is 4.98 Å². The normalized spacial score (nSPS) is 11.2. The number of amides is 1. The second-order valence-corrected chi connectivity index (χ2v) is 5.65. The standard InChI is InChI=1S/C19H14N2O3/c20-19(24)12-7-6-11(10-4-2-1-3-5-10)17-13-8-15(22)16(23)9-14(13)21-18(12)17/h1-9,21-23H,(H2,20,24). The molecule has 0 saturated carbocycles. The molecule has 1 heterocycles. The molecule has 0 atom stereocenters. The molecule has 5 nitrogen and oxygen atoms in total. The number of aromatic hydroxyl groups is 2. The van der Waals surface area contributed by atoms with Crippen molar-refractivity contribution in [2.45, 2.75) is 0 Å². The van der Waals surface area contributed by atoms with Crippen LogP contribution in [0, 0.1) is 0 Å². The molecule has 0 bridgehead atoms. The maximum Gasteiger partial charge on any atom is 0.250 e. The number of hydrogen-bond donors (Lipinski definition) is 4. The van der Waals surface area contributed by atoms with E-state index >= 15 is 0 Å². The van der Waals surface area contributed by atoms with Gasteiger partial charge in [-0.25, -0.2) is 0 Å². The maximum atomic E-state index is 11.8. The van der Waals surface area contributed by atoms with Gasteiger partial charge in [0.15, 0.2) is 11.5 Å². The molecule has 0 aliphatic heterocycles. The fraction of sp³-hybridized carbons (Fsp3) is 0. The van der Waals surface area contributed by atoms with Gasteiger partial charge in [-0.1, -0.05) is 36.4 Å². The smallest absolute Gasteiger partial charge is 0.250 e. The van der Waals surface area contributed by atoms with E-state index in [0.717, 1.165) is 16.5 Å². The third-order valence-corrected chi connectivity index (χ3v) is 4.20. The molecule has 0 aliphatic rings. The quantitative estimate of drug-likeness (QED) is 0.426. The summed E-state index contributed by atoms with van der Waals surface area (Å²) in [5.41, 5.74) is 8.95. The summed E-state index contributed by atoms with van der Waals surface area (Å²) in [6.07, 6.45) is 0. The monoisotopic (exact) mass is 318 g/mol. The molecule has 0 radical (unpaired) electrons. The van der Waals surface area contributed by atoms with Gasteiger partial charge in [-0.05, 0) is 23.3 Å². The van der Waals surface area contributed by atoms with E-state index in [2.05, 4.69) is 4.98 Å². The zero-order valence-electron chi connectivity index (χ0n) is 12.6. The van der Waals surface area contributed by atoms with Crippen molar-refractivity contribution >= 4 is 27.7 Å². The second kappa shape index (κ2) is 5.03. The molecule has 4 aromatic rings. The predicted octanol–water partition coefficient (Wildman–Crippen LogP) is 3.50. The molecule has 0 unspecified atom stereocenters. The lowest BCUT2D eigenvalue weighted by atomic mass is 9.97. The van der Waals surface area contributed by atoms with Gasteiger partial charge in [-0.15, -0.1) is 0 Å². The summed E-state index contributed by atoms with van der Waals surface area (Å²) < 4.78 is 0. The Labute approximate surface area is 137 Å². The molecule has 0 aliphatic carbocycles. The number of nitrogens with two attached hydrogens (primary N) is 1. The van der Waals surface area contributed by atoms with Crippen LogP contribution in [0.25, 0.3) is 32.9 Å². The van der Waals surface area contributed by atoms with Gasteiger partial charge in [0, 0.05) is 16.8 Å². The molecule has 5 heteroatoms. The first kappa shape index (κ1) is 14.1. The number of rotatable bonds is 2. The van der Waals surface area contributed by atoms with E-state index in [1.54, 1.807) is 6.07 Å². The van der Waals surface area contributed by atoms with Crippen molar-refractivity contribution in [2.75, 3.05) is 0 Å². The lowest BCUT2D eigenvalue weighted by molar-refractivity contribution is 0.100. The van der Waals surface area contributed by atoms with Gasteiger partial charge in [0.05, 0.1) is 16.6 Å². The minimum absolute atomic E-state index is 0.216. The zero-order chi connectivity index (χ0) is 16.8. The summed E-state index contributed by atoms with van der Waals surface area (Å²) in [5, 5.41) is 21.1. The van der Waals surface area contributed by atoms with Crippen LogP contribution in [-0.4, -0.2) is 21.1 Å². The van der Waals surface area contributed by atoms with E-state index in [-0.39, 0.29) is 11.5 Å². The van der Waals surface area contributed by atoms with E-state index in [1.807, 2.05) is 36.4 Å².